The first kappa shape index (κ1) is 12.2. The molecule has 0 heterocycles. The van der Waals surface area contributed by atoms with Gasteiger partial charge in [-0.25, -0.2) is 0 Å². The molecule has 0 fully saturated rings. The molecule has 0 spiro atoms. The van der Waals surface area contributed by atoms with Crippen molar-refractivity contribution < 1.29 is 5.11 Å². The van der Waals surface area contributed by atoms with Crippen LogP contribution < -0.4 is 5.73 Å². The molecule has 0 aliphatic heterocycles. The Balaban J connectivity index is 3.43. The highest BCUT2D eigenvalue weighted by Gasteiger charge is 2.16. The fourth-order valence-corrected chi connectivity index (χ4v) is 3.67. The third-order valence-corrected chi connectivity index (χ3v) is 3.83. The van der Waals surface area contributed by atoms with Crippen molar-refractivity contribution in [3.8, 4) is 5.75 Å². The molecule has 0 saturated heterocycles. The number of phenols is 1. The summed E-state index contributed by atoms with van der Waals surface area (Å²) in [5.41, 5.74) is 6.59. The van der Waals surface area contributed by atoms with Gasteiger partial charge in [0.15, 0.2) is 0 Å². The molecule has 0 aliphatic carbocycles. The first-order chi connectivity index (χ1) is 6.49. The lowest BCUT2D eigenvalue weighted by Gasteiger charge is -2.14. The quantitative estimate of drug-likeness (QED) is 0.759. The summed E-state index contributed by atoms with van der Waals surface area (Å²) < 4.78 is 2.00. The molecule has 0 amide bonds. The van der Waals surface area contributed by atoms with Crippen LogP contribution in [0.3, 0.4) is 0 Å². The smallest absolute Gasteiger partial charge is 0.144 e. The summed E-state index contributed by atoms with van der Waals surface area (Å²) in [6.45, 7) is 3.61. The first-order valence-electron chi connectivity index (χ1n) is 3.73. The van der Waals surface area contributed by atoms with Crippen LogP contribution in [0.1, 0.15) is 11.6 Å². The van der Waals surface area contributed by atoms with Crippen LogP contribution in [0.5, 0.6) is 5.75 Å². The Morgan fingerprint density at radius 1 is 1.36 bits per heavy atom. The van der Waals surface area contributed by atoms with E-state index < -0.39 is 0 Å². The van der Waals surface area contributed by atoms with Gasteiger partial charge >= 0.3 is 0 Å². The van der Waals surface area contributed by atoms with Crippen molar-refractivity contribution in [3.05, 3.63) is 37.7 Å². The number of benzene rings is 1. The van der Waals surface area contributed by atoms with Crippen LogP contribution in [-0.2, 0) is 0 Å². The SMILES string of the molecule is C=C[C@H](N)c1c(Br)cc(Br)c(O)c1Br. The number of halogens is 3. The van der Waals surface area contributed by atoms with E-state index in [1.54, 1.807) is 12.1 Å². The fraction of sp³-hybridized carbons (Fsp3) is 0.111. The number of rotatable bonds is 2. The van der Waals surface area contributed by atoms with Gasteiger partial charge in [-0.15, -0.1) is 6.58 Å². The lowest BCUT2D eigenvalue weighted by atomic mass is 10.1. The van der Waals surface area contributed by atoms with Gasteiger partial charge in [0.1, 0.15) is 5.75 Å². The molecule has 0 unspecified atom stereocenters. The van der Waals surface area contributed by atoms with Crippen LogP contribution in [0.25, 0.3) is 0 Å². The van der Waals surface area contributed by atoms with Gasteiger partial charge in [-0.1, -0.05) is 22.0 Å². The van der Waals surface area contributed by atoms with Gasteiger partial charge in [-0.05, 0) is 37.9 Å². The second-order valence-corrected chi connectivity index (χ2v) is 5.18. The zero-order valence-electron chi connectivity index (χ0n) is 7.10. The predicted molar refractivity (Wildman–Crippen MR) is 68.3 cm³/mol. The van der Waals surface area contributed by atoms with E-state index in [4.69, 9.17) is 5.73 Å². The highest BCUT2D eigenvalue weighted by atomic mass is 79.9. The van der Waals surface area contributed by atoms with E-state index in [0.717, 1.165) is 10.0 Å². The summed E-state index contributed by atoms with van der Waals surface area (Å²) in [5, 5.41) is 9.65. The van der Waals surface area contributed by atoms with Gasteiger partial charge in [0.25, 0.3) is 0 Å². The molecule has 0 saturated carbocycles. The minimum Gasteiger partial charge on any atom is -0.506 e. The van der Waals surface area contributed by atoms with Crippen molar-refractivity contribution in [2.75, 3.05) is 0 Å². The molecule has 5 heteroatoms. The molecule has 0 radical (unpaired) electrons. The Bertz CT molecular complexity index is 379. The highest BCUT2D eigenvalue weighted by molar-refractivity contribution is 9.11. The number of hydrogen-bond donors (Lipinski definition) is 2. The minimum atomic E-state index is -0.322. The zero-order chi connectivity index (χ0) is 10.9. The molecule has 76 valence electrons. The lowest BCUT2D eigenvalue weighted by Crippen LogP contribution is -2.08. The van der Waals surface area contributed by atoms with Crippen molar-refractivity contribution in [2.45, 2.75) is 6.04 Å². The van der Waals surface area contributed by atoms with Crippen molar-refractivity contribution in [2.24, 2.45) is 5.73 Å². The molecular formula is C9H8Br3NO. The molecular weight excluding hydrogens is 378 g/mol. The molecule has 1 aromatic carbocycles. The van der Waals surface area contributed by atoms with E-state index in [2.05, 4.69) is 54.4 Å². The van der Waals surface area contributed by atoms with Crippen molar-refractivity contribution in [1.82, 2.24) is 0 Å². The molecule has 3 N–H and O–H groups in total. The molecule has 0 aromatic heterocycles. The van der Waals surface area contributed by atoms with Crippen LogP contribution in [-0.4, -0.2) is 5.11 Å². The van der Waals surface area contributed by atoms with Crippen LogP contribution in [0.15, 0.2) is 32.1 Å². The Labute approximate surface area is 108 Å². The van der Waals surface area contributed by atoms with Gasteiger partial charge in [-0.2, -0.15) is 0 Å². The van der Waals surface area contributed by atoms with Gasteiger partial charge in [0, 0.05) is 10.0 Å². The third kappa shape index (κ3) is 2.21. The zero-order valence-corrected chi connectivity index (χ0v) is 11.9. The van der Waals surface area contributed by atoms with Crippen LogP contribution in [0.2, 0.25) is 0 Å². The lowest BCUT2D eigenvalue weighted by molar-refractivity contribution is 0.467. The highest BCUT2D eigenvalue weighted by Crippen LogP contribution is 2.41. The molecule has 14 heavy (non-hydrogen) atoms. The average molecular weight is 386 g/mol. The maximum absolute atomic E-state index is 9.65. The van der Waals surface area contributed by atoms with Crippen molar-refractivity contribution in [1.29, 1.82) is 0 Å². The second-order valence-electron chi connectivity index (χ2n) is 2.68. The van der Waals surface area contributed by atoms with E-state index >= 15 is 0 Å². The van der Waals surface area contributed by atoms with Crippen molar-refractivity contribution >= 4 is 47.8 Å². The summed E-state index contributed by atoms with van der Waals surface area (Å²) in [6.07, 6.45) is 1.61. The number of hydrogen-bond acceptors (Lipinski definition) is 2. The fourth-order valence-electron chi connectivity index (χ4n) is 1.02. The molecule has 0 bridgehead atoms. The summed E-state index contributed by atoms with van der Waals surface area (Å²) in [6, 6.07) is 1.43. The van der Waals surface area contributed by atoms with Crippen LogP contribution >= 0.6 is 47.8 Å². The topological polar surface area (TPSA) is 46.2 Å². The Morgan fingerprint density at radius 3 is 2.43 bits per heavy atom. The number of aromatic hydroxyl groups is 1. The van der Waals surface area contributed by atoms with Crippen molar-refractivity contribution in [3.63, 3.8) is 0 Å². The van der Waals surface area contributed by atoms with E-state index in [1.807, 2.05) is 0 Å². The Hall–Kier alpha value is 0.160. The Kier molecular flexibility index (Phi) is 4.18. The molecule has 0 aliphatic rings. The second kappa shape index (κ2) is 4.79. The number of phenolic OH excluding ortho intramolecular Hbond substituents is 1. The summed E-state index contributed by atoms with van der Waals surface area (Å²) >= 11 is 9.89. The average Bonchev–Trinajstić information content (AvgIpc) is 2.14. The van der Waals surface area contributed by atoms with Gasteiger partial charge in [0.2, 0.25) is 0 Å². The largest absolute Gasteiger partial charge is 0.506 e. The normalized spacial score (nSPS) is 12.6. The van der Waals surface area contributed by atoms with E-state index in [1.165, 1.54) is 0 Å². The first-order valence-corrected chi connectivity index (χ1v) is 6.11. The van der Waals surface area contributed by atoms with E-state index in [-0.39, 0.29) is 11.8 Å². The third-order valence-electron chi connectivity index (χ3n) is 1.77. The monoisotopic (exact) mass is 383 g/mol. The maximum Gasteiger partial charge on any atom is 0.144 e. The summed E-state index contributed by atoms with van der Waals surface area (Å²) in [4.78, 5) is 0. The van der Waals surface area contributed by atoms with Gasteiger partial charge in [-0.3, -0.25) is 0 Å². The predicted octanol–water partition coefficient (Wildman–Crippen LogP) is 3.87. The van der Waals surface area contributed by atoms with E-state index in [9.17, 15) is 5.11 Å². The van der Waals surface area contributed by atoms with E-state index in [0.29, 0.717) is 8.95 Å². The minimum absolute atomic E-state index is 0.139. The summed E-state index contributed by atoms with van der Waals surface area (Å²) in [7, 11) is 0. The van der Waals surface area contributed by atoms with Crippen LogP contribution in [0, 0.1) is 0 Å². The van der Waals surface area contributed by atoms with Gasteiger partial charge < -0.3 is 10.8 Å². The standard InChI is InChI=1S/C9H8Br3NO/c1-2-6(13)7-4(10)3-5(11)9(14)8(7)12/h2-3,6,14H,1,13H2/t6-/m0/s1. The molecule has 2 nitrogen and oxygen atoms in total. The van der Waals surface area contributed by atoms with Crippen LogP contribution in [0.4, 0.5) is 0 Å². The number of nitrogens with two attached hydrogens (primary N) is 1. The van der Waals surface area contributed by atoms with Gasteiger partial charge in [0.05, 0.1) is 15.0 Å². The molecule has 1 atom stereocenters. The Morgan fingerprint density at radius 2 is 1.93 bits per heavy atom. The molecule has 1 rings (SSSR count). The summed E-state index contributed by atoms with van der Waals surface area (Å²) in [5.74, 6) is 0.139. The maximum atomic E-state index is 9.65. The molecule has 1 aromatic rings.